The Labute approximate surface area is 153 Å². The first-order valence-corrected chi connectivity index (χ1v) is 9.89. The first-order valence-electron chi connectivity index (χ1n) is 9.89. The lowest BCUT2D eigenvalue weighted by Crippen LogP contribution is -2.51. The molecule has 2 aromatic heterocycles. The molecule has 2 fully saturated rings. The van der Waals surface area contributed by atoms with Crippen LogP contribution in [-0.2, 0) is 0 Å². The molecular weight excluding hydrogens is 324 g/mol. The van der Waals surface area contributed by atoms with Crippen LogP contribution >= 0.6 is 0 Å². The lowest BCUT2D eigenvalue weighted by molar-refractivity contribution is 0.148. The molecule has 1 saturated heterocycles. The summed E-state index contributed by atoms with van der Waals surface area (Å²) in [6.07, 6.45) is 8.78. The van der Waals surface area contributed by atoms with Crippen molar-refractivity contribution in [2.24, 2.45) is 0 Å². The quantitative estimate of drug-likeness (QED) is 0.711. The monoisotopic (exact) mass is 350 g/mol. The van der Waals surface area contributed by atoms with Crippen molar-refractivity contribution in [2.75, 3.05) is 31.1 Å². The topological polar surface area (TPSA) is 49.6 Å². The molecule has 0 N–H and O–H groups in total. The molecule has 136 valence electrons. The minimum absolute atomic E-state index is 0.798. The predicted molar refractivity (Wildman–Crippen MR) is 104 cm³/mol. The maximum atomic E-state index is 4.96. The van der Waals surface area contributed by atoms with E-state index in [4.69, 9.17) is 4.98 Å². The number of fused-ring (bicyclic) bond motifs is 3. The van der Waals surface area contributed by atoms with Gasteiger partial charge in [-0.25, -0.2) is 4.98 Å². The van der Waals surface area contributed by atoms with Gasteiger partial charge in [0, 0.05) is 32.2 Å². The van der Waals surface area contributed by atoms with Crippen LogP contribution in [0.1, 0.15) is 37.7 Å². The molecule has 26 heavy (non-hydrogen) atoms. The lowest BCUT2D eigenvalue weighted by Gasteiger charge is -2.41. The molecule has 6 heteroatoms. The van der Waals surface area contributed by atoms with Crippen molar-refractivity contribution in [3.05, 3.63) is 30.1 Å². The van der Waals surface area contributed by atoms with Crippen LogP contribution in [0.4, 0.5) is 5.82 Å². The van der Waals surface area contributed by atoms with E-state index in [2.05, 4.69) is 49.5 Å². The van der Waals surface area contributed by atoms with E-state index in [0.29, 0.717) is 0 Å². The molecule has 1 saturated carbocycles. The van der Waals surface area contributed by atoms with Gasteiger partial charge in [0.05, 0.1) is 11.0 Å². The molecule has 3 aromatic rings. The summed E-state index contributed by atoms with van der Waals surface area (Å²) in [4.78, 5) is 10.0. The molecule has 0 spiro atoms. The number of hydrogen-bond acceptors (Lipinski definition) is 5. The van der Waals surface area contributed by atoms with Gasteiger partial charge in [0.1, 0.15) is 6.33 Å². The Balaban J connectivity index is 1.44. The summed E-state index contributed by atoms with van der Waals surface area (Å²) in [5.41, 5.74) is 4.18. The number of benzene rings is 1. The number of hydrogen-bond donors (Lipinski definition) is 0. The minimum atomic E-state index is 0.798. The van der Waals surface area contributed by atoms with E-state index in [9.17, 15) is 0 Å². The Morgan fingerprint density at radius 2 is 1.81 bits per heavy atom. The van der Waals surface area contributed by atoms with Gasteiger partial charge in [-0.3, -0.25) is 9.30 Å². The second-order valence-electron chi connectivity index (χ2n) is 7.77. The predicted octanol–water partition coefficient (Wildman–Crippen LogP) is 3.04. The van der Waals surface area contributed by atoms with Gasteiger partial charge in [-0.2, -0.15) is 0 Å². The number of rotatable bonds is 2. The minimum Gasteiger partial charge on any atom is -0.351 e. The summed E-state index contributed by atoms with van der Waals surface area (Å²) in [6.45, 7) is 6.39. The highest BCUT2D eigenvalue weighted by molar-refractivity contribution is 5.83. The molecule has 0 bridgehead atoms. The van der Waals surface area contributed by atoms with Gasteiger partial charge in [0.2, 0.25) is 5.65 Å². The molecular formula is C20H26N6. The molecule has 3 heterocycles. The van der Waals surface area contributed by atoms with E-state index >= 15 is 0 Å². The van der Waals surface area contributed by atoms with Crippen LogP contribution < -0.4 is 4.90 Å². The van der Waals surface area contributed by atoms with Crippen LogP contribution in [0.3, 0.4) is 0 Å². The van der Waals surface area contributed by atoms with E-state index in [1.165, 1.54) is 37.7 Å². The molecule has 1 aliphatic heterocycles. The number of aryl methyl sites for hydroxylation is 1. The average Bonchev–Trinajstić information content (AvgIpc) is 3.19. The summed E-state index contributed by atoms with van der Waals surface area (Å²) in [5.74, 6) is 0.974. The Morgan fingerprint density at radius 3 is 2.62 bits per heavy atom. The molecule has 6 nitrogen and oxygen atoms in total. The molecule has 5 rings (SSSR count). The fraction of sp³-hybridized carbons (Fsp3) is 0.550. The summed E-state index contributed by atoms with van der Waals surface area (Å²) in [5, 5.41) is 8.54. The molecule has 0 amide bonds. The third-order valence-electron chi connectivity index (χ3n) is 6.07. The van der Waals surface area contributed by atoms with E-state index in [1.807, 2.05) is 0 Å². The van der Waals surface area contributed by atoms with E-state index in [0.717, 1.165) is 54.7 Å². The van der Waals surface area contributed by atoms with Crippen LogP contribution in [0.25, 0.3) is 16.7 Å². The SMILES string of the molecule is Cc1ccc2nc(N3CCN(C4CCCCC4)CC3)c3nncn3c2c1. The highest BCUT2D eigenvalue weighted by Gasteiger charge is 2.27. The fourth-order valence-corrected chi connectivity index (χ4v) is 4.61. The van der Waals surface area contributed by atoms with Crippen LogP contribution in [0, 0.1) is 6.92 Å². The smallest absolute Gasteiger partial charge is 0.204 e. The molecule has 2 aliphatic rings. The molecule has 1 aromatic carbocycles. The zero-order chi connectivity index (χ0) is 17.5. The Kier molecular flexibility index (Phi) is 4.00. The van der Waals surface area contributed by atoms with Gasteiger partial charge in [-0.1, -0.05) is 25.3 Å². The van der Waals surface area contributed by atoms with Gasteiger partial charge in [0.25, 0.3) is 0 Å². The summed E-state index contributed by atoms with van der Waals surface area (Å²) in [7, 11) is 0. The van der Waals surface area contributed by atoms with Gasteiger partial charge in [-0.05, 0) is 37.5 Å². The number of aromatic nitrogens is 4. The highest BCUT2D eigenvalue weighted by atomic mass is 15.3. The largest absolute Gasteiger partial charge is 0.351 e. The maximum absolute atomic E-state index is 4.96. The van der Waals surface area contributed by atoms with Crippen molar-refractivity contribution in [1.82, 2.24) is 24.5 Å². The lowest BCUT2D eigenvalue weighted by atomic mass is 9.94. The van der Waals surface area contributed by atoms with E-state index < -0.39 is 0 Å². The van der Waals surface area contributed by atoms with Crippen LogP contribution in [0.5, 0.6) is 0 Å². The summed E-state index contributed by atoms with van der Waals surface area (Å²) >= 11 is 0. The number of nitrogens with zero attached hydrogens (tertiary/aromatic N) is 6. The molecule has 0 unspecified atom stereocenters. The fourth-order valence-electron chi connectivity index (χ4n) is 4.61. The van der Waals surface area contributed by atoms with Crippen molar-refractivity contribution >= 4 is 22.5 Å². The van der Waals surface area contributed by atoms with Crippen LogP contribution in [-0.4, -0.2) is 56.7 Å². The standard InChI is InChI=1S/C20H26N6/c1-15-7-8-17-18(13-15)26-14-21-23-20(26)19(22-17)25-11-9-24(10-12-25)16-5-3-2-4-6-16/h7-8,13-14,16H,2-6,9-12H2,1H3. The van der Waals surface area contributed by atoms with Crippen molar-refractivity contribution in [3.63, 3.8) is 0 Å². The normalized spacial score (nSPS) is 20.3. The second kappa shape index (κ2) is 6.50. The first kappa shape index (κ1) is 16.0. The van der Waals surface area contributed by atoms with Gasteiger partial charge >= 0.3 is 0 Å². The van der Waals surface area contributed by atoms with Crippen LogP contribution in [0.15, 0.2) is 24.5 Å². The number of piperazine rings is 1. The van der Waals surface area contributed by atoms with Crippen molar-refractivity contribution < 1.29 is 0 Å². The first-order chi connectivity index (χ1) is 12.8. The second-order valence-corrected chi connectivity index (χ2v) is 7.77. The van der Waals surface area contributed by atoms with Gasteiger partial charge in [-0.15, -0.1) is 10.2 Å². The Morgan fingerprint density at radius 1 is 1.00 bits per heavy atom. The van der Waals surface area contributed by atoms with E-state index in [1.54, 1.807) is 6.33 Å². The zero-order valence-electron chi connectivity index (χ0n) is 15.4. The molecule has 0 radical (unpaired) electrons. The average molecular weight is 350 g/mol. The Bertz CT molecular complexity index is 919. The summed E-state index contributed by atoms with van der Waals surface area (Å²) in [6, 6.07) is 7.18. The third-order valence-corrected chi connectivity index (χ3v) is 6.07. The van der Waals surface area contributed by atoms with Crippen LogP contribution in [0.2, 0.25) is 0 Å². The summed E-state index contributed by atoms with van der Waals surface area (Å²) < 4.78 is 2.08. The zero-order valence-corrected chi connectivity index (χ0v) is 15.4. The van der Waals surface area contributed by atoms with Gasteiger partial charge in [0.15, 0.2) is 5.82 Å². The van der Waals surface area contributed by atoms with E-state index in [-0.39, 0.29) is 0 Å². The molecule has 1 aliphatic carbocycles. The third kappa shape index (κ3) is 2.72. The Hall–Kier alpha value is -2.21. The van der Waals surface area contributed by atoms with Crippen molar-refractivity contribution in [3.8, 4) is 0 Å². The van der Waals surface area contributed by atoms with Crippen molar-refractivity contribution in [1.29, 1.82) is 0 Å². The van der Waals surface area contributed by atoms with Gasteiger partial charge < -0.3 is 4.90 Å². The van der Waals surface area contributed by atoms with Crippen molar-refractivity contribution in [2.45, 2.75) is 45.1 Å². The molecule has 0 atom stereocenters. The highest BCUT2D eigenvalue weighted by Crippen LogP contribution is 2.27. The maximum Gasteiger partial charge on any atom is 0.204 e. The number of anilines is 1.